The molecule has 0 spiro atoms. The fourth-order valence-corrected chi connectivity index (χ4v) is 3.77. The van der Waals surface area contributed by atoms with Gasteiger partial charge in [-0.15, -0.1) is 0 Å². The average molecular weight is 415 g/mol. The summed E-state index contributed by atoms with van der Waals surface area (Å²) in [5.74, 6) is 0.595. The molecule has 4 aromatic rings. The van der Waals surface area contributed by atoms with Gasteiger partial charge in [0.15, 0.2) is 5.65 Å². The predicted octanol–water partition coefficient (Wildman–Crippen LogP) is 4.18. The summed E-state index contributed by atoms with van der Waals surface area (Å²) in [6.45, 7) is 6.53. The van der Waals surface area contributed by atoms with E-state index in [4.69, 9.17) is 9.72 Å². The monoisotopic (exact) mass is 414 g/mol. The largest absolute Gasteiger partial charge is 0.497 e. The Labute approximate surface area is 181 Å². The number of hydrogen-bond donors (Lipinski definition) is 1. The van der Waals surface area contributed by atoms with Gasteiger partial charge in [0.1, 0.15) is 11.3 Å². The van der Waals surface area contributed by atoms with Crippen LogP contribution in [0.25, 0.3) is 5.65 Å². The fraction of sp³-hybridized carbons (Fsp3) is 0.240. The number of hydrogen-bond acceptors (Lipinski definition) is 4. The Kier molecular flexibility index (Phi) is 5.71. The number of benzene rings is 2. The van der Waals surface area contributed by atoms with Gasteiger partial charge in [0.05, 0.1) is 13.3 Å². The van der Waals surface area contributed by atoms with E-state index in [2.05, 4.69) is 41.6 Å². The lowest BCUT2D eigenvalue weighted by atomic mass is 10.0. The number of carbonyl (C=O) groups is 1. The van der Waals surface area contributed by atoms with Gasteiger partial charge in [-0.05, 0) is 49.6 Å². The van der Waals surface area contributed by atoms with E-state index in [1.54, 1.807) is 17.8 Å². The zero-order valence-electron chi connectivity index (χ0n) is 18.3. The van der Waals surface area contributed by atoms with Gasteiger partial charge < -0.3 is 10.1 Å². The van der Waals surface area contributed by atoms with Crippen LogP contribution in [0.4, 0.5) is 0 Å². The molecule has 0 atom stereocenters. The third-order valence-corrected chi connectivity index (χ3v) is 5.53. The van der Waals surface area contributed by atoms with Crippen LogP contribution in [0.2, 0.25) is 0 Å². The van der Waals surface area contributed by atoms with Crippen LogP contribution in [0.3, 0.4) is 0 Å². The molecule has 0 aliphatic carbocycles. The van der Waals surface area contributed by atoms with Gasteiger partial charge in [-0.3, -0.25) is 4.79 Å². The summed E-state index contributed by atoms with van der Waals surface area (Å²) in [5.41, 5.74) is 7.55. The number of amides is 1. The summed E-state index contributed by atoms with van der Waals surface area (Å²) in [6.07, 6.45) is 2.37. The maximum absolute atomic E-state index is 12.8. The van der Waals surface area contributed by atoms with Crippen molar-refractivity contribution in [2.45, 2.75) is 33.7 Å². The highest BCUT2D eigenvalue weighted by Crippen LogP contribution is 2.21. The molecule has 0 radical (unpaired) electrons. The van der Waals surface area contributed by atoms with Crippen LogP contribution in [-0.2, 0) is 13.0 Å². The molecule has 6 nitrogen and oxygen atoms in total. The van der Waals surface area contributed by atoms with E-state index in [9.17, 15) is 4.79 Å². The van der Waals surface area contributed by atoms with Crippen molar-refractivity contribution in [3.63, 3.8) is 0 Å². The molecule has 31 heavy (non-hydrogen) atoms. The van der Waals surface area contributed by atoms with Crippen LogP contribution in [0.15, 0.2) is 54.7 Å². The van der Waals surface area contributed by atoms with Crippen LogP contribution >= 0.6 is 0 Å². The number of carbonyl (C=O) groups excluding carboxylic acids is 1. The zero-order valence-corrected chi connectivity index (χ0v) is 18.3. The van der Waals surface area contributed by atoms with Crippen molar-refractivity contribution in [1.82, 2.24) is 19.9 Å². The molecule has 4 rings (SSSR count). The number of aryl methyl sites for hydroxylation is 3. The second-order valence-electron chi connectivity index (χ2n) is 7.75. The summed E-state index contributed by atoms with van der Waals surface area (Å²) in [5, 5.41) is 7.41. The van der Waals surface area contributed by atoms with Gasteiger partial charge in [0.2, 0.25) is 0 Å². The van der Waals surface area contributed by atoms with Gasteiger partial charge in [-0.2, -0.15) is 5.10 Å². The van der Waals surface area contributed by atoms with Crippen LogP contribution in [0, 0.1) is 20.8 Å². The number of rotatable bonds is 6. The van der Waals surface area contributed by atoms with E-state index in [1.807, 2.05) is 38.1 Å². The maximum atomic E-state index is 12.8. The second kappa shape index (κ2) is 8.60. The molecular weight excluding hydrogens is 388 g/mol. The first-order valence-electron chi connectivity index (χ1n) is 10.3. The molecule has 2 aromatic heterocycles. The van der Waals surface area contributed by atoms with Crippen molar-refractivity contribution < 1.29 is 9.53 Å². The van der Waals surface area contributed by atoms with Gasteiger partial charge in [0, 0.05) is 24.4 Å². The molecule has 0 saturated heterocycles. The Morgan fingerprint density at radius 2 is 1.84 bits per heavy atom. The van der Waals surface area contributed by atoms with Gasteiger partial charge in [-0.1, -0.05) is 42.0 Å². The molecule has 158 valence electrons. The molecule has 0 fully saturated rings. The molecule has 0 aliphatic rings. The molecule has 2 aromatic carbocycles. The number of fused-ring (bicyclic) bond motifs is 1. The van der Waals surface area contributed by atoms with E-state index in [1.165, 1.54) is 11.1 Å². The van der Waals surface area contributed by atoms with Gasteiger partial charge in [0.25, 0.3) is 5.91 Å². The molecule has 0 aliphatic heterocycles. The highest BCUT2D eigenvalue weighted by Gasteiger charge is 2.18. The van der Waals surface area contributed by atoms with Crippen molar-refractivity contribution >= 4 is 11.6 Å². The lowest BCUT2D eigenvalue weighted by molar-refractivity contribution is 0.0952. The highest BCUT2D eigenvalue weighted by molar-refractivity contribution is 5.99. The molecule has 2 heterocycles. The van der Waals surface area contributed by atoms with Gasteiger partial charge in [-0.25, -0.2) is 9.50 Å². The number of nitrogens with one attached hydrogen (secondary N) is 1. The normalized spacial score (nSPS) is 11.0. The third-order valence-electron chi connectivity index (χ3n) is 5.53. The Balaban J connectivity index is 1.57. The number of methoxy groups -OCH3 is 1. The van der Waals surface area contributed by atoms with Crippen molar-refractivity contribution in [2.24, 2.45) is 0 Å². The summed E-state index contributed by atoms with van der Waals surface area (Å²) in [7, 11) is 1.63. The first-order valence-corrected chi connectivity index (χ1v) is 10.3. The second-order valence-corrected chi connectivity index (χ2v) is 7.75. The summed E-state index contributed by atoms with van der Waals surface area (Å²) >= 11 is 0. The molecule has 1 N–H and O–H groups in total. The first-order chi connectivity index (χ1) is 15.0. The van der Waals surface area contributed by atoms with E-state index < -0.39 is 0 Å². The Morgan fingerprint density at radius 3 is 2.55 bits per heavy atom. The molecule has 0 unspecified atom stereocenters. The number of ether oxygens (including phenoxy) is 1. The highest BCUT2D eigenvalue weighted by atomic mass is 16.5. The minimum Gasteiger partial charge on any atom is -0.497 e. The Bertz CT molecular complexity index is 1240. The SMILES string of the molecule is COc1ccc(CNC(=O)c2cnn3c(C)c(Cc4cccc(C)c4)c(C)nc23)cc1. The summed E-state index contributed by atoms with van der Waals surface area (Å²) < 4.78 is 6.93. The number of nitrogens with zero attached hydrogens (tertiary/aromatic N) is 3. The van der Waals surface area contributed by atoms with Gasteiger partial charge >= 0.3 is 0 Å². The van der Waals surface area contributed by atoms with E-state index in [-0.39, 0.29) is 5.91 Å². The van der Waals surface area contributed by atoms with Crippen molar-refractivity contribution in [3.8, 4) is 5.75 Å². The lowest BCUT2D eigenvalue weighted by Gasteiger charge is -2.12. The zero-order chi connectivity index (χ0) is 22.0. The standard InChI is InChI=1S/C25H26N4O2/c1-16-6-5-7-20(12-16)13-22-17(2)28-24-23(15-27-29(24)18(22)3)25(30)26-14-19-8-10-21(31-4)11-9-19/h5-12,15H,13-14H2,1-4H3,(H,26,30). The summed E-state index contributed by atoms with van der Waals surface area (Å²) in [6, 6.07) is 16.1. The smallest absolute Gasteiger partial charge is 0.257 e. The van der Waals surface area contributed by atoms with E-state index >= 15 is 0 Å². The molecule has 0 saturated carbocycles. The van der Waals surface area contributed by atoms with Crippen molar-refractivity contribution in [3.05, 3.63) is 93.9 Å². The average Bonchev–Trinajstić information content (AvgIpc) is 3.19. The first kappa shape index (κ1) is 20.6. The maximum Gasteiger partial charge on any atom is 0.257 e. The molecular formula is C25H26N4O2. The number of aromatic nitrogens is 3. The topological polar surface area (TPSA) is 68.5 Å². The quantitative estimate of drug-likeness (QED) is 0.514. The van der Waals surface area contributed by atoms with Crippen molar-refractivity contribution in [1.29, 1.82) is 0 Å². The third kappa shape index (κ3) is 4.28. The lowest BCUT2D eigenvalue weighted by Crippen LogP contribution is -2.23. The van der Waals surface area contributed by atoms with Crippen molar-refractivity contribution in [2.75, 3.05) is 7.11 Å². The predicted molar refractivity (Wildman–Crippen MR) is 121 cm³/mol. The van der Waals surface area contributed by atoms with Crippen LogP contribution < -0.4 is 10.1 Å². The van der Waals surface area contributed by atoms with Crippen LogP contribution in [0.1, 0.15) is 44.0 Å². The Hall–Kier alpha value is -3.67. The van der Waals surface area contributed by atoms with E-state index in [0.29, 0.717) is 17.8 Å². The summed E-state index contributed by atoms with van der Waals surface area (Å²) in [4.78, 5) is 17.6. The molecule has 0 bridgehead atoms. The minimum atomic E-state index is -0.191. The van der Waals surface area contributed by atoms with Crippen LogP contribution in [-0.4, -0.2) is 27.6 Å². The molecule has 6 heteroatoms. The fourth-order valence-electron chi connectivity index (χ4n) is 3.77. The van der Waals surface area contributed by atoms with Crippen LogP contribution in [0.5, 0.6) is 5.75 Å². The molecule has 1 amide bonds. The Morgan fingerprint density at radius 1 is 1.06 bits per heavy atom. The van der Waals surface area contributed by atoms with E-state index in [0.717, 1.165) is 34.7 Å². The minimum absolute atomic E-state index is 0.191.